The molecule has 1 rings (SSSR count). The third-order valence-electron chi connectivity index (χ3n) is 3.29. The molecule has 1 fully saturated rings. The van der Waals surface area contributed by atoms with E-state index in [2.05, 4.69) is 5.32 Å². The van der Waals surface area contributed by atoms with Gasteiger partial charge in [-0.25, -0.2) is 0 Å². The molecule has 0 aliphatic heterocycles. The lowest BCUT2D eigenvalue weighted by atomic mass is 10.1. The van der Waals surface area contributed by atoms with Crippen LogP contribution in [0.25, 0.3) is 0 Å². The van der Waals surface area contributed by atoms with Crippen molar-refractivity contribution < 1.29 is 4.79 Å². The first-order valence-corrected chi connectivity index (χ1v) is 6.22. The van der Waals surface area contributed by atoms with Crippen molar-refractivity contribution in [1.82, 2.24) is 10.2 Å². The number of nitrogens with zero attached hydrogens (tertiary/aromatic N) is 1. The molecule has 0 heterocycles. The summed E-state index contributed by atoms with van der Waals surface area (Å²) in [6, 6.07) is 0.485. The second-order valence-electron chi connectivity index (χ2n) is 4.43. The van der Waals surface area contributed by atoms with Crippen molar-refractivity contribution in [3.63, 3.8) is 0 Å². The fourth-order valence-electron chi connectivity index (χ4n) is 2.21. The van der Waals surface area contributed by atoms with Crippen LogP contribution in [0.2, 0.25) is 0 Å². The lowest BCUT2D eigenvalue weighted by molar-refractivity contribution is -0.131. The van der Waals surface area contributed by atoms with Crippen molar-refractivity contribution in [1.29, 1.82) is 0 Å². The molecule has 1 aliphatic rings. The highest BCUT2D eigenvalue weighted by Crippen LogP contribution is 2.20. The third kappa shape index (κ3) is 4.20. The van der Waals surface area contributed by atoms with Crippen molar-refractivity contribution in [3.05, 3.63) is 0 Å². The molecule has 0 aromatic carbocycles. The van der Waals surface area contributed by atoms with Crippen LogP contribution in [-0.4, -0.2) is 37.0 Å². The zero-order valence-electron chi connectivity index (χ0n) is 10.1. The van der Waals surface area contributed by atoms with Crippen LogP contribution in [0.1, 0.15) is 45.4 Å². The predicted octanol–water partition coefficient (Wildman–Crippen LogP) is 1.78. The molecule has 15 heavy (non-hydrogen) atoms. The van der Waals surface area contributed by atoms with E-state index in [9.17, 15) is 4.79 Å². The Balaban J connectivity index is 2.35. The summed E-state index contributed by atoms with van der Waals surface area (Å²) in [7, 11) is 1.95. The molecule has 1 amide bonds. The standard InChI is InChI=1S/C12H24N2O/c1-3-13-10-12(15)14(2)11-8-6-4-5-7-9-11/h11,13H,3-10H2,1-2H3. The quantitative estimate of drug-likeness (QED) is 0.720. The maximum Gasteiger partial charge on any atom is 0.236 e. The molecule has 0 aromatic rings. The minimum absolute atomic E-state index is 0.240. The monoisotopic (exact) mass is 212 g/mol. The molecule has 0 unspecified atom stereocenters. The molecule has 1 aliphatic carbocycles. The van der Waals surface area contributed by atoms with E-state index in [1.807, 2.05) is 18.9 Å². The van der Waals surface area contributed by atoms with Crippen LogP contribution >= 0.6 is 0 Å². The topological polar surface area (TPSA) is 32.3 Å². The van der Waals surface area contributed by atoms with Gasteiger partial charge in [0.1, 0.15) is 0 Å². The Labute approximate surface area is 93.2 Å². The maximum atomic E-state index is 11.8. The molecule has 3 nitrogen and oxygen atoms in total. The van der Waals surface area contributed by atoms with Gasteiger partial charge in [0.05, 0.1) is 6.54 Å². The zero-order valence-corrected chi connectivity index (χ0v) is 10.1. The lowest BCUT2D eigenvalue weighted by Gasteiger charge is -2.27. The molecule has 0 bridgehead atoms. The summed E-state index contributed by atoms with van der Waals surface area (Å²) in [5.41, 5.74) is 0. The summed E-state index contributed by atoms with van der Waals surface area (Å²) in [5, 5.41) is 3.09. The minimum atomic E-state index is 0.240. The Morgan fingerprint density at radius 2 is 1.87 bits per heavy atom. The number of nitrogens with one attached hydrogen (secondary N) is 1. The first-order valence-electron chi connectivity index (χ1n) is 6.22. The third-order valence-corrected chi connectivity index (χ3v) is 3.29. The van der Waals surface area contributed by atoms with E-state index in [-0.39, 0.29) is 5.91 Å². The van der Waals surface area contributed by atoms with Gasteiger partial charge in [0.2, 0.25) is 5.91 Å². The van der Waals surface area contributed by atoms with Gasteiger partial charge in [-0.05, 0) is 19.4 Å². The maximum absolute atomic E-state index is 11.8. The first kappa shape index (κ1) is 12.5. The Bertz CT molecular complexity index is 186. The summed E-state index contributed by atoms with van der Waals surface area (Å²) in [5.74, 6) is 0.240. The summed E-state index contributed by atoms with van der Waals surface area (Å²) in [6.45, 7) is 3.38. The normalized spacial score (nSPS) is 18.5. The number of rotatable bonds is 4. The van der Waals surface area contributed by atoms with Crippen LogP contribution in [0.5, 0.6) is 0 Å². The van der Waals surface area contributed by atoms with Crippen LogP contribution in [0, 0.1) is 0 Å². The number of amides is 1. The van der Waals surface area contributed by atoms with E-state index < -0.39 is 0 Å². The summed E-state index contributed by atoms with van der Waals surface area (Å²) < 4.78 is 0. The van der Waals surface area contributed by atoms with Crippen molar-refractivity contribution in [2.24, 2.45) is 0 Å². The fraction of sp³-hybridized carbons (Fsp3) is 0.917. The van der Waals surface area contributed by atoms with Gasteiger partial charge in [0.25, 0.3) is 0 Å². The average molecular weight is 212 g/mol. The molecule has 1 saturated carbocycles. The molecule has 0 spiro atoms. The largest absolute Gasteiger partial charge is 0.342 e. The number of likely N-dealkylation sites (N-methyl/N-ethyl adjacent to an activating group) is 2. The highest BCUT2D eigenvalue weighted by atomic mass is 16.2. The zero-order chi connectivity index (χ0) is 11.1. The molecule has 88 valence electrons. The van der Waals surface area contributed by atoms with Crippen LogP contribution < -0.4 is 5.32 Å². The summed E-state index contributed by atoms with van der Waals surface area (Å²) >= 11 is 0. The molecule has 3 heteroatoms. The second kappa shape index (κ2) is 6.83. The first-order chi connectivity index (χ1) is 7.25. The Morgan fingerprint density at radius 3 is 2.40 bits per heavy atom. The van der Waals surface area contributed by atoms with Gasteiger partial charge in [-0.1, -0.05) is 32.6 Å². The Kier molecular flexibility index (Phi) is 5.69. The summed E-state index contributed by atoms with van der Waals surface area (Å²) in [4.78, 5) is 13.7. The van der Waals surface area contributed by atoms with Gasteiger partial charge in [-0.2, -0.15) is 0 Å². The molecule has 1 N–H and O–H groups in total. The van der Waals surface area contributed by atoms with Crippen LogP contribution in [-0.2, 0) is 4.79 Å². The van der Waals surface area contributed by atoms with Gasteiger partial charge < -0.3 is 10.2 Å². The Hall–Kier alpha value is -0.570. The molecule has 0 radical (unpaired) electrons. The second-order valence-corrected chi connectivity index (χ2v) is 4.43. The van der Waals surface area contributed by atoms with Crippen molar-refractivity contribution >= 4 is 5.91 Å². The van der Waals surface area contributed by atoms with Crippen molar-refractivity contribution in [2.45, 2.75) is 51.5 Å². The van der Waals surface area contributed by atoms with Gasteiger partial charge >= 0.3 is 0 Å². The number of carbonyl (C=O) groups excluding carboxylic acids is 1. The predicted molar refractivity (Wildman–Crippen MR) is 62.8 cm³/mol. The number of hydrogen-bond donors (Lipinski definition) is 1. The number of hydrogen-bond acceptors (Lipinski definition) is 2. The highest BCUT2D eigenvalue weighted by molar-refractivity contribution is 5.78. The smallest absolute Gasteiger partial charge is 0.236 e. The van der Waals surface area contributed by atoms with E-state index in [1.54, 1.807) is 0 Å². The summed E-state index contributed by atoms with van der Waals surface area (Å²) in [6.07, 6.45) is 7.62. The van der Waals surface area contributed by atoms with Gasteiger partial charge in [0.15, 0.2) is 0 Å². The van der Waals surface area contributed by atoms with E-state index in [0.717, 1.165) is 6.54 Å². The average Bonchev–Trinajstić information content (AvgIpc) is 2.53. The SMILES string of the molecule is CCNCC(=O)N(C)C1CCCCCC1. The van der Waals surface area contributed by atoms with Gasteiger partial charge in [-0.3, -0.25) is 4.79 Å². The lowest BCUT2D eigenvalue weighted by Crippen LogP contribution is -2.41. The van der Waals surface area contributed by atoms with E-state index in [1.165, 1.54) is 38.5 Å². The molecule has 0 aromatic heterocycles. The van der Waals surface area contributed by atoms with Gasteiger partial charge in [0, 0.05) is 13.1 Å². The van der Waals surface area contributed by atoms with Crippen LogP contribution in [0.3, 0.4) is 0 Å². The van der Waals surface area contributed by atoms with E-state index in [0.29, 0.717) is 12.6 Å². The minimum Gasteiger partial charge on any atom is -0.342 e. The molecule has 0 saturated heterocycles. The van der Waals surface area contributed by atoms with E-state index >= 15 is 0 Å². The highest BCUT2D eigenvalue weighted by Gasteiger charge is 2.20. The number of carbonyl (C=O) groups is 1. The molecular formula is C12H24N2O. The van der Waals surface area contributed by atoms with Crippen LogP contribution in [0.15, 0.2) is 0 Å². The fourth-order valence-corrected chi connectivity index (χ4v) is 2.21. The van der Waals surface area contributed by atoms with Gasteiger partial charge in [-0.15, -0.1) is 0 Å². The van der Waals surface area contributed by atoms with E-state index in [4.69, 9.17) is 0 Å². The molecule has 0 atom stereocenters. The van der Waals surface area contributed by atoms with Crippen molar-refractivity contribution in [3.8, 4) is 0 Å². The van der Waals surface area contributed by atoms with Crippen LogP contribution in [0.4, 0.5) is 0 Å². The Morgan fingerprint density at radius 1 is 1.27 bits per heavy atom. The molecular weight excluding hydrogens is 188 g/mol. The van der Waals surface area contributed by atoms with Crippen molar-refractivity contribution in [2.75, 3.05) is 20.1 Å².